The summed E-state index contributed by atoms with van der Waals surface area (Å²) < 4.78 is 0. The van der Waals surface area contributed by atoms with Crippen LogP contribution in [0.4, 0.5) is 0 Å². The van der Waals surface area contributed by atoms with Gasteiger partial charge in [0.25, 0.3) is 0 Å². The van der Waals surface area contributed by atoms with E-state index in [2.05, 4.69) is 19.3 Å². The first-order valence-corrected chi connectivity index (χ1v) is 5.92. The van der Waals surface area contributed by atoms with Crippen molar-refractivity contribution in [2.75, 3.05) is 7.05 Å². The lowest BCUT2D eigenvalue weighted by Gasteiger charge is -2.47. The van der Waals surface area contributed by atoms with Gasteiger partial charge >= 0.3 is 0 Å². The number of halogens is 1. The summed E-state index contributed by atoms with van der Waals surface area (Å²) in [5.74, 6) is 2.06. The van der Waals surface area contributed by atoms with E-state index in [1.165, 1.54) is 38.5 Å². The minimum absolute atomic E-state index is 0. The summed E-state index contributed by atoms with van der Waals surface area (Å²) in [6.45, 7) is 2.56. The molecule has 0 amide bonds. The molecule has 0 heterocycles. The van der Waals surface area contributed by atoms with Crippen LogP contribution in [0, 0.1) is 17.3 Å². The first kappa shape index (κ1) is 10.8. The molecule has 0 spiro atoms. The van der Waals surface area contributed by atoms with E-state index in [4.69, 9.17) is 0 Å². The summed E-state index contributed by atoms with van der Waals surface area (Å²) in [6.07, 6.45) is 8.93. The topological polar surface area (TPSA) is 12.0 Å². The SMILES string of the molecule is CN[C@@]12CCC[C@]1(C)[C@H]1CC[C@@H]2C1.Cl. The van der Waals surface area contributed by atoms with E-state index in [1.807, 2.05) is 0 Å². The molecule has 3 fully saturated rings. The number of nitrogens with one attached hydrogen (secondary N) is 1. The number of fused-ring (bicyclic) bond motifs is 5. The van der Waals surface area contributed by atoms with Gasteiger partial charge < -0.3 is 5.32 Å². The van der Waals surface area contributed by atoms with Gasteiger partial charge in [-0.3, -0.25) is 0 Å². The summed E-state index contributed by atoms with van der Waals surface area (Å²) in [7, 11) is 2.20. The second-order valence-corrected chi connectivity index (χ2v) is 5.70. The molecule has 0 saturated heterocycles. The minimum atomic E-state index is 0. The van der Waals surface area contributed by atoms with Crippen LogP contribution in [-0.4, -0.2) is 12.6 Å². The van der Waals surface area contributed by atoms with Gasteiger partial charge in [0.15, 0.2) is 0 Å². The molecule has 3 aliphatic rings. The highest BCUT2D eigenvalue weighted by atomic mass is 35.5. The maximum absolute atomic E-state index is 3.71. The Morgan fingerprint density at radius 2 is 1.86 bits per heavy atom. The Hall–Kier alpha value is 0.250. The minimum Gasteiger partial charge on any atom is -0.313 e. The van der Waals surface area contributed by atoms with Crippen LogP contribution in [0.2, 0.25) is 0 Å². The van der Waals surface area contributed by atoms with Gasteiger partial charge in [-0.05, 0) is 56.4 Å². The molecule has 1 N–H and O–H groups in total. The zero-order chi connectivity index (χ0) is 9.10. The average Bonchev–Trinajstić information content (AvgIpc) is 2.72. The third-order valence-electron chi connectivity index (χ3n) is 5.76. The molecule has 1 nitrogen and oxygen atoms in total. The van der Waals surface area contributed by atoms with E-state index in [9.17, 15) is 0 Å². The third kappa shape index (κ3) is 0.911. The number of rotatable bonds is 1. The van der Waals surface area contributed by atoms with Crippen molar-refractivity contribution in [1.29, 1.82) is 0 Å². The van der Waals surface area contributed by atoms with Crippen LogP contribution >= 0.6 is 12.4 Å². The van der Waals surface area contributed by atoms with E-state index < -0.39 is 0 Å². The third-order valence-corrected chi connectivity index (χ3v) is 5.76. The molecule has 14 heavy (non-hydrogen) atoms. The molecular weight excluding hydrogens is 194 g/mol. The molecular formula is C12H22ClN. The lowest BCUT2D eigenvalue weighted by atomic mass is 9.64. The van der Waals surface area contributed by atoms with Crippen LogP contribution in [0.5, 0.6) is 0 Å². The Labute approximate surface area is 93.4 Å². The maximum atomic E-state index is 3.71. The smallest absolute Gasteiger partial charge is 0.0263 e. The fourth-order valence-corrected chi connectivity index (χ4v) is 5.10. The van der Waals surface area contributed by atoms with Crippen molar-refractivity contribution in [3.05, 3.63) is 0 Å². The summed E-state index contributed by atoms with van der Waals surface area (Å²) in [5, 5.41) is 3.71. The van der Waals surface area contributed by atoms with Gasteiger partial charge in [0, 0.05) is 5.54 Å². The molecule has 3 saturated carbocycles. The van der Waals surface area contributed by atoms with Gasteiger partial charge in [-0.15, -0.1) is 12.4 Å². The van der Waals surface area contributed by atoms with Gasteiger partial charge in [-0.2, -0.15) is 0 Å². The molecule has 0 aromatic heterocycles. The zero-order valence-corrected chi connectivity index (χ0v) is 10.1. The fourth-order valence-electron chi connectivity index (χ4n) is 5.10. The second kappa shape index (κ2) is 3.12. The van der Waals surface area contributed by atoms with Crippen molar-refractivity contribution in [3.63, 3.8) is 0 Å². The summed E-state index contributed by atoms with van der Waals surface area (Å²) in [6, 6.07) is 0. The van der Waals surface area contributed by atoms with E-state index in [1.54, 1.807) is 0 Å². The molecule has 4 atom stereocenters. The predicted octanol–water partition coefficient (Wildman–Crippen LogP) is 2.99. The Kier molecular flexibility index (Phi) is 2.40. The first-order valence-electron chi connectivity index (χ1n) is 5.92. The zero-order valence-electron chi connectivity index (χ0n) is 9.31. The highest BCUT2D eigenvalue weighted by Crippen LogP contribution is 2.67. The Morgan fingerprint density at radius 1 is 1.14 bits per heavy atom. The molecule has 2 bridgehead atoms. The number of hydrogen-bond acceptors (Lipinski definition) is 1. The van der Waals surface area contributed by atoms with Crippen molar-refractivity contribution in [2.45, 2.75) is 51.0 Å². The van der Waals surface area contributed by atoms with Crippen LogP contribution in [0.1, 0.15) is 45.4 Å². The molecule has 0 unspecified atom stereocenters. The molecule has 2 heteroatoms. The molecule has 0 aromatic rings. The second-order valence-electron chi connectivity index (χ2n) is 5.70. The predicted molar refractivity (Wildman–Crippen MR) is 61.8 cm³/mol. The molecule has 0 aromatic carbocycles. The van der Waals surface area contributed by atoms with E-state index in [-0.39, 0.29) is 12.4 Å². The highest BCUT2D eigenvalue weighted by Gasteiger charge is 2.65. The van der Waals surface area contributed by atoms with Crippen molar-refractivity contribution < 1.29 is 0 Å². The standard InChI is InChI=1S/C12H21N.ClH/c1-11-6-3-7-12(11,13-2)10-5-4-9(11)8-10;/h9-10,13H,3-8H2,1-2H3;1H/t9-,10+,11+,12+;/m0./s1. The van der Waals surface area contributed by atoms with Crippen molar-refractivity contribution >= 4 is 12.4 Å². The van der Waals surface area contributed by atoms with Crippen LogP contribution in [-0.2, 0) is 0 Å². The van der Waals surface area contributed by atoms with Crippen molar-refractivity contribution in [3.8, 4) is 0 Å². The van der Waals surface area contributed by atoms with E-state index in [0.717, 1.165) is 11.8 Å². The van der Waals surface area contributed by atoms with Crippen molar-refractivity contribution in [2.24, 2.45) is 17.3 Å². The van der Waals surface area contributed by atoms with Gasteiger partial charge in [-0.1, -0.05) is 13.3 Å². The van der Waals surface area contributed by atoms with Gasteiger partial charge in [0.1, 0.15) is 0 Å². The van der Waals surface area contributed by atoms with Crippen molar-refractivity contribution in [1.82, 2.24) is 5.32 Å². The summed E-state index contributed by atoms with van der Waals surface area (Å²) in [4.78, 5) is 0. The first-order chi connectivity index (χ1) is 6.23. The summed E-state index contributed by atoms with van der Waals surface area (Å²) in [5.41, 5.74) is 1.21. The molecule has 3 rings (SSSR count). The van der Waals surface area contributed by atoms with Gasteiger partial charge in [0.2, 0.25) is 0 Å². The average molecular weight is 216 g/mol. The van der Waals surface area contributed by atoms with Crippen LogP contribution < -0.4 is 5.32 Å². The van der Waals surface area contributed by atoms with Crippen LogP contribution in [0.15, 0.2) is 0 Å². The van der Waals surface area contributed by atoms with Gasteiger partial charge in [0.05, 0.1) is 0 Å². The number of hydrogen-bond donors (Lipinski definition) is 1. The fraction of sp³-hybridized carbons (Fsp3) is 1.00. The quantitative estimate of drug-likeness (QED) is 0.709. The lowest BCUT2D eigenvalue weighted by Crippen LogP contribution is -2.56. The molecule has 3 aliphatic carbocycles. The Balaban J connectivity index is 0.000000750. The largest absolute Gasteiger partial charge is 0.313 e. The van der Waals surface area contributed by atoms with E-state index in [0.29, 0.717) is 11.0 Å². The summed E-state index contributed by atoms with van der Waals surface area (Å²) >= 11 is 0. The van der Waals surface area contributed by atoms with Crippen LogP contribution in [0.3, 0.4) is 0 Å². The molecule has 0 aliphatic heterocycles. The molecule has 0 radical (unpaired) electrons. The molecule has 82 valence electrons. The van der Waals surface area contributed by atoms with Crippen LogP contribution in [0.25, 0.3) is 0 Å². The maximum Gasteiger partial charge on any atom is 0.0263 e. The Bertz CT molecular complexity index is 242. The lowest BCUT2D eigenvalue weighted by molar-refractivity contribution is 0.0731. The van der Waals surface area contributed by atoms with E-state index >= 15 is 0 Å². The van der Waals surface area contributed by atoms with Gasteiger partial charge in [-0.25, -0.2) is 0 Å². The monoisotopic (exact) mass is 215 g/mol. The Morgan fingerprint density at radius 3 is 2.50 bits per heavy atom. The highest BCUT2D eigenvalue weighted by molar-refractivity contribution is 5.85. The normalized spacial score (nSPS) is 54.4.